The molecule has 28 heavy (non-hydrogen) atoms. The number of halogens is 4. The minimum atomic E-state index is -5.34. The van der Waals surface area contributed by atoms with Gasteiger partial charge in [-0.15, -0.1) is 4.73 Å². The van der Waals surface area contributed by atoms with E-state index in [9.17, 15) is 33.0 Å². The molecule has 0 bridgehead atoms. The van der Waals surface area contributed by atoms with Gasteiger partial charge in [-0.1, -0.05) is 17.7 Å². The van der Waals surface area contributed by atoms with E-state index in [1.165, 1.54) is 18.2 Å². The Balaban J connectivity index is 2.33. The van der Waals surface area contributed by atoms with Gasteiger partial charge in [0, 0.05) is 12.6 Å². The van der Waals surface area contributed by atoms with Crippen LogP contribution in [-0.2, 0) is 11.3 Å². The van der Waals surface area contributed by atoms with Gasteiger partial charge in [0.25, 0.3) is 0 Å². The van der Waals surface area contributed by atoms with Gasteiger partial charge in [-0.05, 0) is 23.8 Å². The van der Waals surface area contributed by atoms with Gasteiger partial charge in [-0.25, -0.2) is 9.59 Å². The number of fused-ring (bicyclic) bond motifs is 1. The number of phenols is 2. The number of nitrogens with two attached hydrogens (primary N) is 1. The van der Waals surface area contributed by atoms with E-state index >= 15 is 0 Å². The number of hydrogen-bond acceptors (Lipinski definition) is 6. The summed E-state index contributed by atoms with van der Waals surface area (Å²) in [5.74, 6) is -3.68. The van der Waals surface area contributed by atoms with E-state index in [0.717, 1.165) is 16.7 Å². The van der Waals surface area contributed by atoms with Crippen LogP contribution >= 0.6 is 11.6 Å². The number of phenolic OH excluding ortho intramolecular Hbond substituents is 2. The molecule has 0 saturated heterocycles. The molecule has 4 N–H and O–H groups in total. The lowest BCUT2D eigenvalue weighted by atomic mass is 10.2. The van der Waals surface area contributed by atoms with Crippen LogP contribution < -0.4 is 16.3 Å². The summed E-state index contributed by atoms with van der Waals surface area (Å²) in [5.41, 5.74) is 4.27. The molecule has 12 heteroatoms. The maximum atomic E-state index is 12.7. The van der Waals surface area contributed by atoms with E-state index in [1.807, 2.05) is 0 Å². The van der Waals surface area contributed by atoms with E-state index in [4.69, 9.17) is 17.3 Å². The first-order chi connectivity index (χ1) is 13.0. The molecule has 0 fully saturated rings. The Morgan fingerprint density at radius 2 is 1.82 bits per heavy atom. The first kappa shape index (κ1) is 19.6. The van der Waals surface area contributed by atoms with Gasteiger partial charge in [-0.3, -0.25) is 4.57 Å². The van der Waals surface area contributed by atoms with E-state index < -0.39 is 29.3 Å². The second-order valence-corrected chi connectivity index (χ2v) is 6.02. The van der Waals surface area contributed by atoms with E-state index in [0.29, 0.717) is 5.56 Å². The van der Waals surface area contributed by atoms with Crippen LogP contribution in [0.1, 0.15) is 5.56 Å². The summed E-state index contributed by atoms with van der Waals surface area (Å²) in [6, 6.07) is 5.98. The zero-order chi connectivity index (χ0) is 20.8. The molecule has 3 rings (SSSR count). The highest BCUT2D eigenvalue weighted by atomic mass is 35.5. The maximum Gasteiger partial charge on any atom is 0.493 e. The van der Waals surface area contributed by atoms with E-state index in [1.54, 1.807) is 0 Å². The Bertz CT molecular complexity index is 1150. The van der Waals surface area contributed by atoms with Crippen LogP contribution in [0.4, 0.5) is 13.2 Å². The van der Waals surface area contributed by atoms with Crippen LogP contribution in [0.25, 0.3) is 16.7 Å². The third-order valence-corrected chi connectivity index (χ3v) is 4.09. The van der Waals surface area contributed by atoms with Crippen molar-refractivity contribution in [1.82, 2.24) is 9.30 Å². The minimum absolute atomic E-state index is 0.00118. The maximum absolute atomic E-state index is 12.7. The Morgan fingerprint density at radius 3 is 2.43 bits per heavy atom. The predicted octanol–water partition coefficient (Wildman–Crippen LogP) is 1.83. The Hall–Kier alpha value is -3.18. The number of nitrogens with zero attached hydrogens (tertiary/aromatic N) is 2. The van der Waals surface area contributed by atoms with Crippen molar-refractivity contribution >= 4 is 28.6 Å². The van der Waals surface area contributed by atoms with Crippen LogP contribution in [0.3, 0.4) is 0 Å². The third-order valence-electron chi connectivity index (χ3n) is 3.79. The van der Waals surface area contributed by atoms with E-state index in [2.05, 4.69) is 4.84 Å². The first-order valence-corrected chi connectivity index (χ1v) is 7.90. The SMILES string of the molecule is NCc1ccc2c(c1)n(OC(=O)C(F)(F)F)c(=O)n2-c1cc(Cl)c(O)cc1O. The number of alkyl halides is 3. The lowest BCUT2D eigenvalue weighted by molar-refractivity contribution is -0.199. The van der Waals surface area contributed by atoms with Gasteiger partial charge in [-0.2, -0.15) is 13.2 Å². The van der Waals surface area contributed by atoms with Crippen molar-refractivity contribution in [3.05, 3.63) is 51.4 Å². The molecule has 0 atom stereocenters. The number of hydrogen-bond donors (Lipinski definition) is 3. The summed E-state index contributed by atoms with van der Waals surface area (Å²) in [4.78, 5) is 28.2. The molecule has 2 aromatic carbocycles. The normalized spacial score (nSPS) is 11.8. The van der Waals surface area contributed by atoms with Gasteiger partial charge in [0.1, 0.15) is 17.0 Å². The number of imidazole rings is 1. The van der Waals surface area contributed by atoms with Crippen LogP contribution in [-0.4, -0.2) is 31.7 Å². The van der Waals surface area contributed by atoms with Gasteiger partial charge in [0.2, 0.25) is 0 Å². The number of benzene rings is 2. The fourth-order valence-electron chi connectivity index (χ4n) is 2.52. The molecule has 0 radical (unpaired) electrons. The smallest absolute Gasteiger partial charge is 0.493 e. The monoisotopic (exact) mass is 417 g/mol. The Morgan fingerprint density at radius 1 is 1.14 bits per heavy atom. The molecule has 0 aliphatic carbocycles. The van der Waals surface area contributed by atoms with Crippen molar-refractivity contribution in [1.29, 1.82) is 0 Å². The highest BCUT2D eigenvalue weighted by Gasteiger charge is 2.42. The zero-order valence-electron chi connectivity index (χ0n) is 13.7. The average molecular weight is 418 g/mol. The third kappa shape index (κ3) is 3.25. The molecule has 1 aromatic heterocycles. The number of rotatable bonds is 3. The highest BCUT2D eigenvalue weighted by Crippen LogP contribution is 2.34. The number of aromatic nitrogens is 2. The summed E-state index contributed by atoms with van der Waals surface area (Å²) in [6.07, 6.45) is -5.34. The molecule has 3 aromatic rings. The molecule has 1 heterocycles. The fraction of sp³-hybridized carbons (Fsp3) is 0.125. The average Bonchev–Trinajstić information content (AvgIpc) is 2.88. The summed E-state index contributed by atoms with van der Waals surface area (Å²) in [5, 5.41) is 19.4. The van der Waals surface area contributed by atoms with Crippen molar-refractivity contribution in [3.63, 3.8) is 0 Å². The van der Waals surface area contributed by atoms with E-state index in [-0.39, 0.29) is 33.0 Å². The Kier molecular flexibility index (Phi) is 4.73. The summed E-state index contributed by atoms with van der Waals surface area (Å²) in [7, 11) is 0. The molecule has 148 valence electrons. The lowest BCUT2D eigenvalue weighted by Crippen LogP contribution is -2.38. The van der Waals surface area contributed by atoms with Crippen molar-refractivity contribution in [2.24, 2.45) is 5.73 Å². The first-order valence-electron chi connectivity index (χ1n) is 7.52. The molecule has 0 aliphatic rings. The second-order valence-electron chi connectivity index (χ2n) is 5.61. The molecule has 0 aliphatic heterocycles. The van der Waals surface area contributed by atoms with Gasteiger partial charge in [0.15, 0.2) is 0 Å². The van der Waals surface area contributed by atoms with Crippen molar-refractivity contribution < 1.29 is 33.0 Å². The van der Waals surface area contributed by atoms with Gasteiger partial charge >= 0.3 is 17.8 Å². The molecule has 0 saturated carbocycles. The van der Waals surface area contributed by atoms with Crippen LogP contribution in [0.15, 0.2) is 35.1 Å². The van der Waals surface area contributed by atoms with Gasteiger partial charge < -0.3 is 20.8 Å². The molecule has 0 unspecified atom stereocenters. The summed E-state index contributed by atoms with van der Waals surface area (Å²) < 4.78 is 38.7. The van der Waals surface area contributed by atoms with Gasteiger partial charge in [0.05, 0.1) is 16.2 Å². The van der Waals surface area contributed by atoms with Crippen LogP contribution in [0.5, 0.6) is 11.5 Å². The quantitative estimate of drug-likeness (QED) is 0.598. The second kappa shape index (κ2) is 6.77. The largest absolute Gasteiger partial charge is 0.506 e. The zero-order valence-corrected chi connectivity index (χ0v) is 14.5. The Labute approximate surface area is 158 Å². The lowest BCUT2D eigenvalue weighted by Gasteiger charge is -2.08. The van der Waals surface area contributed by atoms with Crippen molar-refractivity contribution in [2.75, 3.05) is 0 Å². The highest BCUT2D eigenvalue weighted by molar-refractivity contribution is 6.32. The number of aromatic hydroxyl groups is 2. The molecular formula is C16H11ClF3N3O5. The van der Waals surface area contributed by atoms with Crippen molar-refractivity contribution in [2.45, 2.75) is 12.7 Å². The fourth-order valence-corrected chi connectivity index (χ4v) is 2.68. The molecular weight excluding hydrogens is 407 g/mol. The topological polar surface area (TPSA) is 120 Å². The molecule has 0 spiro atoms. The standard InChI is InChI=1S/C16H11ClF3N3O5/c17-8-4-11(13(25)5-12(8)24)22-9-2-1-7(6-21)3-10(9)23(15(22)27)28-14(26)16(18,19)20/h1-5,24-25H,6,21H2. The minimum Gasteiger partial charge on any atom is -0.506 e. The summed E-state index contributed by atoms with van der Waals surface area (Å²) in [6.45, 7) is -0.00118. The van der Waals surface area contributed by atoms with Crippen LogP contribution in [0.2, 0.25) is 5.02 Å². The predicted molar refractivity (Wildman–Crippen MR) is 91.4 cm³/mol. The van der Waals surface area contributed by atoms with Crippen molar-refractivity contribution in [3.8, 4) is 17.2 Å². The van der Waals surface area contributed by atoms with Crippen LogP contribution in [0, 0.1) is 0 Å². The molecule has 8 nitrogen and oxygen atoms in total. The molecule has 0 amide bonds. The number of carbonyl (C=O) groups is 1. The summed E-state index contributed by atoms with van der Waals surface area (Å²) >= 11 is 5.80. The number of carbonyl (C=O) groups excluding carboxylic acids is 1.